The zero-order valence-electron chi connectivity index (χ0n) is 11.0. The van der Waals surface area contributed by atoms with Gasteiger partial charge in [0.1, 0.15) is 0 Å². The first-order valence-corrected chi connectivity index (χ1v) is 7.08. The van der Waals surface area contributed by atoms with E-state index in [1.807, 2.05) is 18.2 Å². The molecule has 0 unspecified atom stereocenters. The summed E-state index contributed by atoms with van der Waals surface area (Å²) < 4.78 is 38.5. The second-order valence-electron chi connectivity index (χ2n) is 4.62. The molecule has 0 atom stereocenters. The molecule has 3 aromatic rings. The van der Waals surface area contributed by atoms with Crippen LogP contribution in [0.25, 0.3) is 10.8 Å². The van der Waals surface area contributed by atoms with E-state index in [0.29, 0.717) is 11.5 Å². The molecule has 0 aliphatic carbocycles. The molecule has 0 bridgehead atoms. The number of hydrogen-bond acceptors (Lipinski definition) is 3. The number of fused-ring (bicyclic) bond motifs is 1. The minimum atomic E-state index is -4.34. The van der Waals surface area contributed by atoms with Gasteiger partial charge in [-0.1, -0.05) is 15.9 Å². The fourth-order valence-electron chi connectivity index (χ4n) is 2.03. The minimum Gasteiger partial charge on any atom is -0.338 e. The molecule has 0 aliphatic heterocycles. The quantitative estimate of drug-likeness (QED) is 0.680. The van der Waals surface area contributed by atoms with Crippen LogP contribution in [-0.4, -0.2) is 10.2 Å². The summed E-state index contributed by atoms with van der Waals surface area (Å²) in [6.07, 6.45) is -2.72. The molecular formula is C15H9BrF3N3. The third kappa shape index (κ3) is 3.04. The van der Waals surface area contributed by atoms with Crippen molar-refractivity contribution in [1.29, 1.82) is 0 Å². The van der Waals surface area contributed by atoms with Gasteiger partial charge in [0.25, 0.3) is 0 Å². The Kier molecular flexibility index (Phi) is 3.74. The molecular weight excluding hydrogens is 359 g/mol. The highest BCUT2D eigenvalue weighted by atomic mass is 79.9. The lowest BCUT2D eigenvalue weighted by Gasteiger charge is -2.10. The second kappa shape index (κ2) is 5.57. The van der Waals surface area contributed by atoms with Crippen molar-refractivity contribution < 1.29 is 13.2 Å². The summed E-state index contributed by atoms with van der Waals surface area (Å²) in [4.78, 5) is 0. The maximum atomic E-state index is 12.5. The van der Waals surface area contributed by atoms with Crippen LogP contribution in [-0.2, 0) is 6.18 Å². The van der Waals surface area contributed by atoms with Crippen LogP contribution in [0.1, 0.15) is 5.56 Å². The predicted molar refractivity (Wildman–Crippen MR) is 82.0 cm³/mol. The third-order valence-corrected chi connectivity index (χ3v) is 3.59. The lowest BCUT2D eigenvalue weighted by atomic mass is 10.1. The highest BCUT2D eigenvalue weighted by molar-refractivity contribution is 9.10. The SMILES string of the molecule is FC(F)(F)c1ccc(Nc2nncc3cc(Br)ccc23)cc1. The summed E-state index contributed by atoms with van der Waals surface area (Å²) >= 11 is 3.38. The van der Waals surface area contributed by atoms with E-state index in [1.54, 1.807) is 6.20 Å². The Balaban J connectivity index is 1.93. The van der Waals surface area contributed by atoms with Gasteiger partial charge in [-0.3, -0.25) is 0 Å². The first-order valence-electron chi connectivity index (χ1n) is 6.29. The van der Waals surface area contributed by atoms with E-state index < -0.39 is 11.7 Å². The number of benzene rings is 2. The molecule has 22 heavy (non-hydrogen) atoms. The average Bonchev–Trinajstić information content (AvgIpc) is 2.47. The van der Waals surface area contributed by atoms with Crippen molar-refractivity contribution in [1.82, 2.24) is 10.2 Å². The smallest absolute Gasteiger partial charge is 0.338 e. The van der Waals surface area contributed by atoms with E-state index in [2.05, 4.69) is 31.4 Å². The van der Waals surface area contributed by atoms with E-state index in [9.17, 15) is 13.2 Å². The third-order valence-electron chi connectivity index (χ3n) is 3.10. The molecule has 0 radical (unpaired) electrons. The molecule has 2 aromatic carbocycles. The number of rotatable bonds is 2. The first-order chi connectivity index (χ1) is 10.4. The first kappa shape index (κ1) is 14.8. The van der Waals surface area contributed by atoms with Gasteiger partial charge in [-0.25, -0.2) is 0 Å². The lowest BCUT2D eigenvalue weighted by Crippen LogP contribution is -2.04. The van der Waals surface area contributed by atoms with Gasteiger partial charge in [-0.15, -0.1) is 5.10 Å². The van der Waals surface area contributed by atoms with Crippen LogP contribution in [0, 0.1) is 0 Å². The average molecular weight is 368 g/mol. The fourth-order valence-corrected chi connectivity index (χ4v) is 2.41. The number of anilines is 2. The van der Waals surface area contributed by atoms with E-state index in [-0.39, 0.29) is 0 Å². The van der Waals surface area contributed by atoms with Gasteiger partial charge in [0.2, 0.25) is 0 Å². The predicted octanol–water partition coefficient (Wildman–Crippen LogP) is 5.15. The molecule has 0 amide bonds. The summed E-state index contributed by atoms with van der Waals surface area (Å²) in [5.74, 6) is 0.491. The van der Waals surface area contributed by atoms with Crippen molar-refractivity contribution in [3.05, 3.63) is 58.7 Å². The summed E-state index contributed by atoms with van der Waals surface area (Å²) in [6.45, 7) is 0. The number of nitrogens with zero attached hydrogens (tertiary/aromatic N) is 2. The Bertz CT molecular complexity index is 816. The second-order valence-corrected chi connectivity index (χ2v) is 5.54. The highest BCUT2D eigenvalue weighted by Gasteiger charge is 2.29. The van der Waals surface area contributed by atoms with Crippen molar-refractivity contribution in [3.63, 3.8) is 0 Å². The molecule has 7 heteroatoms. The Labute approximate surface area is 132 Å². The van der Waals surface area contributed by atoms with E-state index >= 15 is 0 Å². The summed E-state index contributed by atoms with van der Waals surface area (Å²) in [5.41, 5.74) is -0.177. The van der Waals surface area contributed by atoms with Crippen LogP contribution in [0.15, 0.2) is 53.1 Å². The van der Waals surface area contributed by atoms with Gasteiger partial charge in [0.05, 0.1) is 11.8 Å². The van der Waals surface area contributed by atoms with Crippen LogP contribution < -0.4 is 5.32 Å². The van der Waals surface area contributed by atoms with Crippen LogP contribution >= 0.6 is 15.9 Å². The molecule has 1 N–H and O–H groups in total. The molecule has 3 nitrogen and oxygen atoms in total. The molecule has 0 aliphatic rings. The van der Waals surface area contributed by atoms with E-state index in [4.69, 9.17) is 0 Å². The maximum Gasteiger partial charge on any atom is 0.416 e. The van der Waals surface area contributed by atoms with Crippen molar-refractivity contribution in [2.75, 3.05) is 5.32 Å². The van der Waals surface area contributed by atoms with Crippen LogP contribution in [0.4, 0.5) is 24.7 Å². The van der Waals surface area contributed by atoms with E-state index in [0.717, 1.165) is 27.4 Å². The van der Waals surface area contributed by atoms with Gasteiger partial charge >= 0.3 is 6.18 Å². The monoisotopic (exact) mass is 367 g/mol. The van der Waals surface area contributed by atoms with Crippen molar-refractivity contribution in [2.24, 2.45) is 0 Å². The molecule has 1 aromatic heterocycles. The van der Waals surface area contributed by atoms with Crippen LogP contribution in [0.3, 0.4) is 0 Å². The Hall–Kier alpha value is -2.15. The molecule has 0 saturated heterocycles. The minimum absolute atomic E-state index is 0.491. The highest BCUT2D eigenvalue weighted by Crippen LogP contribution is 2.31. The normalized spacial score (nSPS) is 11.6. The molecule has 112 valence electrons. The number of alkyl halides is 3. The maximum absolute atomic E-state index is 12.5. The van der Waals surface area contributed by atoms with Gasteiger partial charge in [-0.05, 0) is 42.5 Å². The zero-order valence-corrected chi connectivity index (χ0v) is 12.6. The largest absolute Gasteiger partial charge is 0.416 e. The molecule has 0 saturated carbocycles. The van der Waals surface area contributed by atoms with Gasteiger partial charge in [0.15, 0.2) is 5.82 Å². The number of hydrogen-bond donors (Lipinski definition) is 1. The van der Waals surface area contributed by atoms with Crippen molar-refractivity contribution >= 4 is 38.2 Å². The van der Waals surface area contributed by atoms with Crippen molar-refractivity contribution in [2.45, 2.75) is 6.18 Å². The van der Waals surface area contributed by atoms with Gasteiger partial charge < -0.3 is 5.32 Å². The Morgan fingerprint density at radius 3 is 2.41 bits per heavy atom. The molecule has 1 heterocycles. The van der Waals surface area contributed by atoms with Crippen molar-refractivity contribution in [3.8, 4) is 0 Å². The van der Waals surface area contributed by atoms with Gasteiger partial charge in [-0.2, -0.15) is 18.3 Å². The topological polar surface area (TPSA) is 37.8 Å². The summed E-state index contributed by atoms with van der Waals surface area (Å²) in [7, 11) is 0. The number of aromatic nitrogens is 2. The summed E-state index contributed by atoms with van der Waals surface area (Å²) in [6, 6.07) is 10.4. The van der Waals surface area contributed by atoms with Crippen LogP contribution in [0.2, 0.25) is 0 Å². The molecule has 3 rings (SSSR count). The fraction of sp³-hybridized carbons (Fsp3) is 0.0667. The molecule has 0 spiro atoms. The van der Waals surface area contributed by atoms with Gasteiger partial charge in [0, 0.05) is 20.9 Å². The standard InChI is InChI=1S/C15H9BrF3N3/c16-11-3-6-13-9(7-11)8-20-22-14(13)21-12-4-1-10(2-5-12)15(17,18)19/h1-8H,(H,21,22). The lowest BCUT2D eigenvalue weighted by molar-refractivity contribution is -0.137. The van der Waals surface area contributed by atoms with E-state index in [1.165, 1.54) is 12.1 Å². The number of nitrogens with one attached hydrogen (secondary N) is 1. The molecule has 0 fully saturated rings. The summed E-state index contributed by atoms with van der Waals surface area (Å²) in [5, 5.41) is 12.6. The van der Waals surface area contributed by atoms with Crippen LogP contribution in [0.5, 0.6) is 0 Å². The number of halogens is 4. The Morgan fingerprint density at radius 1 is 1.00 bits per heavy atom. The Morgan fingerprint density at radius 2 is 1.73 bits per heavy atom. The zero-order chi connectivity index (χ0) is 15.7.